The van der Waals surface area contributed by atoms with Gasteiger partial charge >= 0.3 is 0 Å². The van der Waals surface area contributed by atoms with Crippen LogP contribution in [-0.4, -0.2) is 33.1 Å². The van der Waals surface area contributed by atoms with Crippen molar-refractivity contribution >= 4 is 46.3 Å². The van der Waals surface area contributed by atoms with Gasteiger partial charge < -0.3 is 10.3 Å². The van der Waals surface area contributed by atoms with Crippen molar-refractivity contribution in [2.75, 3.05) is 4.90 Å². The topological polar surface area (TPSA) is 103 Å². The molecule has 1 amide bonds. The minimum absolute atomic E-state index is 0.0420. The normalized spacial score (nSPS) is 19.7. The van der Waals surface area contributed by atoms with Crippen molar-refractivity contribution in [2.24, 2.45) is 22.7 Å². The number of hydrogen-bond acceptors (Lipinski definition) is 6. The highest BCUT2D eigenvalue weighted by Gasteiger charge is 2.45. The Balaban J connectivity index is 1.55. The maximum absolute atomic E-state index is 14.4. The zero-order valence-electron chi connectivity index (χ0n) is 23.5. The van der Waals surface area contributed by atoms with Gasteiger partial charge in [0.25, 0.3) is 0 Å². The number of pyridine rings is 1. The van der Waals surface area contributed by atoms with Gasteiger partial charge in [0, 0.05) is 58.5 Å². The summed E-state index contributed by atoms with van der Waals surface area (Å²) < 4.78 is 0. The van der Waals surface area contributed by atoms with Crippen LogP contribution in [0.5, 0.6) is 0 Å². The lowest BCUT2D eigenvalue weighted by Crippen LogP contribution is -2.49. The second kappa shape index (κ2) is 12.6. The maximum atomic E-state index is 14.4. The molecule has 1 aliphatic carbocycles. The lowest BCUT2D eigenvalue weighted by molar-refractivity contribution is -0.122. The third kappa shape index (κ3) is 5.75. The fourth-order valence-electron chi connectivity index (χ4n) is 5.71. The summed E-state index contributed by atoms with van der Waals surface area (Å²) in [7, 11) is 0. The summed E-state index contributed by atoms with van der Waals surface area (Å²) in [4.78, 5) is 44.6. The molecular formula is C32H35ClN6O2. The second-order valence-corrected chi connectivity index (χ2v) is 10.9. The number of nitrogens with one attached hydrogen (secondary N) is 2. The van der Waals surface area contributed by atoms with Crippen molar-refractivity contribution < 1.29 is 4.79 Å². The highest BCUT2D eigenvalue weighted by Crippen LogP contribution is 2.45. The molecule has 2 N–H and O–H groups in total. The standard InChI is InChI=1S/C32H35ClN6O2/c1-4-10-21(11-5-2)38-24-15-9-14-23-26(24)32(41)39(22-12-7-6-8-13-22)29(28(23)33)20(3)18-35-31-27-25(40)16-17-34-30(27)36-19-37-31/h6-9,12-21,23,26,38H,4-5,10-11H2,1-3H3,(H,34,36,37,40)/t20-,23?,26?/m1/s1. The number of carbonyl (C=O) groups is 1. The molecule has 5 rings (SSSR count). The molecule has 2 unspecified atom stereocenters. The predicted molar refractivity (Wildman–Crippen MR) is 165 cm³/mol. The minimum Gasteiger partial charge on any atom is -0.385 e. The number of H-pyrrole nitrogens is 1. The van der Waals surface area contributed by atoms with Gasteiger partial charge in [-0.15, -0.1) is 0 Å². The number of amides is 1. The molecule has 212 valence electrons. The number of halogens is 1. The molecular weight excluding hydrogens is 536 g/mol. The number of fused-ring (bicyclic) bond motifs is 2. The van der Waals surface area contributed by atoms with Crippen molar-refractivity contribution in [1.29, 1.82) is 0 Å². The number of aromatic amines is 1. The van der Waals surface area contributed by atoms with Crippen LogP contribution in [0.15, 0.2) is 93.4 Å². The molecule has 3 atom stereocenters. The van der Waals surface area contributed by atoms with E-state index in [-0.39, 0.29) is 29.0 Å². The van der Waals surface area contributed by atoms with Crippen LogP contribution in [-0.2, 0) is 4.79 Å². The molecule has 8 nitrogen and oxygen atoms in total. The SMILES string of the molecule is CCCC(CCC)NC1=CC=CC2C(Cl)=C([C@H](C)C=Nc3ncnc4[nH]ccc(=O)c34)N(c3ccccc3)C(=O)C12. The highest BCUT2D eigenvalue weighted by atomic mass is 35.5. The fraction of sp³-hybridized carbons (Fsp3) is 0.344. The summed E-state index contributed by atoms with van der Waals surface area (Å²) in [6.45, 7) is 6.30. The van der Waals surface area contributed by atoms with E-state index in [0.717, 1.165) is 37.1 Å². The average molecular weight is 571 g/mol. The van der Waals surface area contributed by atoms with E-state index < -0.39 is 5.92 Å². The maximum Gasteiger partial charge on any atom is 0.241 e. The van der Waals surface area contributed by atoms with Crippen LogP contribution in [0.4, 0.5) is 11.5 Å². The van der Waals surface area contributed by atoms with E-state index in [4.69, 9.17) is 11.6 Å². The van der Waals surface area contributed by atoms with Crippen LogP contribution in [0.2, 0.25) is 0 Å². The van der Waals surface area contributed by atoms with Crippen molar-refractivity contribution in [2.45, 2.75) is 52.5 Å². The number of rotatable bonds is 10. The quantitative estimate of drug-likeness (QED) is 0.275. The van der Waals surface area contributed by atoms with Gasteiger partial charge in [-0.2, -0.15) is 0 Å². The van der Waals surface area contributed by atoms with Crippen molar-refractivity contribution in [3.8, 4) is 0 Å². The van der Waals surface area contributed by atoms with Crippen molar-refractivity contribution in [3.05, 3.63) is 93.8 Å². The first-order valence-electron chi connectivity index (χ1n) is 14.2. The van der Waals surface area contributed by atoms with Gasteiger partial charge in [0.1, 0.15) is 17.4 Å². The number of carbonyl (C=O) groups excluding carboxylic acids is 1. The summed E-state index contributed by atoms with van der Waals surface area (Å²) in [5, 5.41) is 4.60. The van der Waals surface area contributed by atoms with Crippen molar-refractivity contribution in [1.82, 2.24) is 20.3 Å². The molecule has 0 saturated heterocycles. The molecule has 1 aliphatic heterocycles. The number of anilines is 1. The first-order chi connectivity index (χ1) is 19.9. The Hall–Kier alpha value is -4.04. The first kappa shape index (κ1) is 28.5. The summed E-state index contributed by atoms with van der Waals surface area (Å²) in [6, 6.07) is 11.3. The van der Waals surface area contributed by atoms with Gasteiger partial charge in [-0.05, 0) is 31.1 Å². The average Bonchev–Trinajstić information content (AvgIpc) is 2.98. The molecule has 9 heteroatoms. The van der Waals surface area contributed by atoms with Gasteiger partial charge in [-0.1, -0.05) is 75.6 Å². The number of hydrogen-bond donors (Lipinski definition) is 2. The fourth-order valence-corrected chi connectivity index (χ4v) is 6.16. The third-order valence-electron chi connectivity index (χ3n) is 7.59. The van der Waals surface area contributed by atoms with Crippen LogP contribution in [0.3, 0.4) is 0 Å². The van der Waals surface area contributed by atoms with E-state index in [0.29, 0.717) is 27.8 Å². The number of benzene rings is 1. The molecule has 1 aromatic carbocycles. The number of aromatic nitrogens is 3. The van der Waals surface area contributed by atoms with Gasteiger partial charge in [-0.25, -0.2) is 15.0 Å². The Bertz CT molecular complexity index is 1580. The van der Waals surface area contributed by atoms with E-state index in [1.165, 1.54) is 12.4 Å². The molecule has 41 heavy (non-hydrogen) atoms. The Kier molecular flexibility index (Phi) is 8.78. The second-order valence-electron chi connectivity index (χ2n) is 10.5. The third-order valence-corrected chi connectivity index (χ3v) is 8.04. The zero-order valence-corrected chi connectivity index (χ0v) is 24.3. The molecule has 0 spiro atoms. The van der Waals surface area contributed by atoms with Crippen LogP contribution in [0, 0.1) is 17.8 Å². The summed E-state index contributed by atoms with van der Waals surface area (Å²) in [5.74, 6) is -0.907. The number of aliphatic imine (C=N–C) groups is 1. The molecule has 2 aromatic heterocycles. The molecule has 3 heterocycles. The summed E-state index contributed by atoms with van der Waals surface area (Å²) in [5.41, 5.74) is 2.49. The van der Waals surface area contributed by atoms with Gasteiger partial charge in [0.15, 0.2) is 11.2 Å². The number of allylic oxidation sites excluding steroid dienone is 5. The first-order valence-corrected chi connectivity index (χ1v) is 14.6. The van der Waals surface area contributed by atoms with Gasteiger partial charge in [-0.3, -0.25) is 14.5 Å². The summed E-state index contributed by atoms with van der Waals surface area (Å²) in [6.07, 6.45) is 14.8. The Morgan fingerprint density at radius 3 is 2.61 bits per heavy atom. The van der Waals surface area contributed by atoms with Crippen molar-refractivity contribution in [3.63, 3.8) is 0 Å². The lowest BCUT2D eigenvalue weighted by atomic mass is 9.79. The minimum atomic E-state index is -0.457. The van der Waals surface area contributed by atoms with Crippen LogP contribution in [0.25, 0.3) is 11.0 Å². The molecule has 3 aromatic rings. The van der Waals surface area contributed by atoms with E-state index >= 15 is 0 Å². The van der Waals surface area contributed by atoms with Gasteiger partial charge in [0.05, 0.1) is 5.92 Å². The van der Waals surface area contributed by atoms with Crippen LogP contribution < -0.4 is 15.6 Å². The number of nitrogens with zero attached hydrogens (tertiary/aromatic N) is 4. The van der Waals surface area contributed by atoms with E-state index in [1.807, 2.05) is 55.5 Å². The van der Waals surface area contributed by atoms with E-state index in [9.17, 15) is 9.59 Å². The molecule has 2 aliphatic rings. The molecule has 0 saturated carbocycles. The number of para-hydroxylation sites is 1. The Morgan fingerprint density at radius 2 is 1.88 bits per heavy atom. The zero-order chi connectivity index (χ0) is 28.9. The molecule has 0 fully saturated rings. The monoisotopic (exact) mass is 570 g/mol. The molecule has 0 bridgehead atoms. The Labute approximate surface area is 245 Å². The lowest BCUT2D eigenvalue weighted by Gasteiger charge is -2.42. The largest absolute Gasteiger partial charge is 0.385 e. The van der Waals surface area contributed by atoms with E-state index in [1.54, 1.807) is 17.3 Å². The Morgan fingerprint density at radius 1 is 1.12 bits per heavy atom. The summed E-state index contributed by atoms with van der Waals surface area (Å²) >= 11 is 7.22. The van der Waals surface area contributed by atoms with Crippen LogP contribution >= 0.6 is 11.6 Å². The molecule has 0 radical (unpaired) electrons. The highest BCUT2D eigenvalue weighted by molar-refractivity contribution is 6.32. The smallest absolute Gasteiger partial charge is 0.241 e. The predicted octanol–water partition coefficient (Wildman–Crippen LogP) is 6.40. The van der Waals surface area contributed by atoms with E-state index in [2.05, 4.69) is 39.1 Å². The van der Waals surface area contributed by atoms with Gasteiger partial charge in [0.2, 0.25) is 5.91 Å². The van der Waals surface area contributed by atoms with Crippen LogP contribution in [0.1, 0.15) is 46.5 Å².